The number of hydrogen-bond donors (Lipinski definition) is 2. The highest BCUT2D eigenvalue weighted by molar-refractivity contribution is 7.31. The van der Waals surface area contributed by atoms with Gasteiger partial charge in [0.05, 0.1) is 41.0 Å². The zero-order chi connectivity index (χ0) is 20.1. The third-order valence-electron chi connectivity index (χ3n) is 5.88. The van der Waals surface area contributed by atoms with Gasteiger partial charge in [-0.2, -0.15) is 0 Å². The van der Waals surface area contributed by atoms with Gasteiger partial charge in [-0.25, -0.2) is 9.97 Å². The number of likely N-dealkylation sites (tertiary alicyclic amines) is 1. The zero-order valence-corrected chi connectivity index (χ0v) is 18.2. The van der Waals surface area contributed by atoms with E-state index in [0.717, 1.165) is 29.3 Å². The van der Waals surface area contributed by atoms with Gasteiger partial charge in [-0.15, -0.1) is 22.7 Å². The molecule has 6 rings (SSSR count). The predicted molar refractivity (Wildman–Crippen MR) is 125 cm³/mol. The molecular formula is C23H21N5S2. The summed E-state index contributed by atoms with van der Waals surface area (Å²) in [5.74, 6) is 1.10. The average molecular weight is 432 g/mol. The first-order valence-corrected chi connectivity index (χ1v) is 11.8. The van der Waals surface area contributed by atoms with Gasteiger partial charge in [0.1, 0.15) is 5.82 Å². The van der Waals surface area contributed by atoms with Crippen molar-refractivity contribution in [2.24, 2.45) is 0 Å². The van der Waals surface area contributed by atoms with Gasteiger partial charge in [0, 0.05) is 14.3 Å². The molecule has 5 heterocycles. The highest BCUT2D eigenvalue weighted by atomic mass is 32.1. The second-order valence-corrected chi connectivity index (χ2v) is 9.98. The number of H-pyrrole nitrogens is 2. The Bertz CT molecular complexity index is 1260. The van der Waals surface area contributed by atoms with E-state index in [0.29, 0.717) is 6.04 Å². The van der Waals surface area contributed by atoms with Crippen LogP contribution in [0.1, 0.15) is 24.7 Å². The molecule has 0 amide bonds. The number of aromatic nitrogens is 4. The summed E-state index contributed by atoms with van der Waals surface area (Å²) in [4.78, 5) is 20.5. The van der Waals surface area contributed by atoms with E-state index < -0.39 is 0 Å². The molecule has 0 saturated carbocycles. The zero-order valence-electron chi connectivity index (χ0n) is 16.6. The summed E-state index contributed by atoms with van der Waals surface area (Å²) < 4.78 is 2.66. The minimum Gasteiger partial charge on any atom is -0.345 e. The molecule has 0 spiro atoms. The van der Waals surface area contributed by atoms with Crippen molar-refractivity contribution in [1.29, 1.82) is 0 Å². The Morgan fingerprint density at radius 1 is 0.967 bits per heavy atom. The van der Waals surface area contributed by atoms with E-state index in [4.69, 9.17) is 0 Å². The van der Waals surface area contributed by atoms with Gasteiger partial charge in [-0.1, -0.05) is 24.3 Å². The summed E-state index contributed by atoms with van der Waals surface area (Å²) in [7, 11) is 2.18. The number of benzene rings is 1. The standard InChI is InChI=1S/C23H21N5S2/c1-28-8-2-3-18(28)23-25-12-17(27-23)20-10-22-21(30-20)9-19(29-22)15-6-4-14(5-7-15)16-11-24-13-26-16/h4-7,9-13,18H,2-3,8H2,1H3,(H,24,26)(H,25,27). The Hall–Kier alpha value is -2.74. The van der Waals surface area contributed by atoms with Crippen LogP contribution >= 0.6 is 22.7 Å². The lowest BCUT2D eigenvalue weighted by Gasteiger charge is -2.16. The summed E-state index contributed by atoms with van der Waals surface area (Å²) in [5.41, 5.74) is 4.58. The maximum Gasteiger partial charge on any atom is 0.123 e. The average Bonchev–Trinajstić information content (AvgIpc) is 3.55. The van der Waals surface area contributed by atoms with Crippen LogP contribution < -0.4 is 0 Å². The minimum atomic E-state index is 0.427. The van der Waals surface area contributed by atoms with Crippen LogP contribution in [-0.4, -0.2) is 38.4 Å². The molecule has 1 aromatic carbocycles. The SMILES string of the molecule is CN1CCCC1c1ncc(-c2cc3sc(-c4ccc(-c5cnc[nH]5)cc4)cc3s2)[nH]1. The monoisotopic (exact) mass is 431 g/mol. The van der Waals surface area contributed by atoms with E-state index >= 15 is 0 Å². The van der Waals surface area contributed by atoms with Crippen LogP contribution in [0.2, 0.25) is 0 Å². The maximum atomic E-state index is 4.68. The number of hydrogen-bond acceptors (Lipinski definition) is 5. The summed E-state index contributed by atoms with van der Waals surface area (Å²) in [5, 5.41) is 0. The van der Waals surface area contributed by atoms with Crippen molar-refractivity contribution in [2.45, 2.75) is 18.9 Å². The fourth-order valence-corrected chi connectivity index (χ4v) is 6.59. The molecule has 30 heavy (non-hydrogen) atoms. The molecule has 4 aromatic heterocycles. The maximum absolute atomic E-state index is 4.68. The molecule has 7 heteroatoms. The van der Waals surface area contributed by atoms with Crippen molar-refractivity contribution in [2.75, 3.05) is 13.6 Å². The van der Waals surface area contributed by atoms with Crippen LogP contribution in [0, 0.1) is 0 Å². The Morgan fingerprint density at radius 2 is 1.73 bits per heavy atom. The first-order chi connectivity index (χ1) is 14.7. The Kier molecular flexibility index (Phi) is 4.33. The van der Waals surface area contributed by atoms with E-state index in [2.05, 4.69) is 68.3 Å². The van der Waals surface area contributed by atoms with Gasteiger partial charge in [0.15, 0.2) is 0 Å². The number of fused-ring (bicyclic) bond motifs is 1. The first kappa shape index (κ1) is 18.1. The topological polar surface area (TPSA) is 60.6 Å². The number of rotatable bonds is 4. The van der Waals surface area contributed by atoms with Crippen molar-refractivity contribution in [3.63, 3.8) is 0 Å². The van der Waals surface area contributed by atoms with Crippen molar-refractivity contribution < 1.29 is 0 Å². The molecule has 5 aromatic rings. The molecular weight excluding hydrogens is 410 g/mol. The second-order valence-electron chi connectivity index (χ2n) is 7.81. The largest absolute Gasteiger partial charge is 0.345 e. The highest BCUT2D eigenvalue weighted by Crippen LogP contribution is 2.42. The minimum absolute atomic E-state index is 0.427. The third kappa shape index (κ3) is 3.10. The molecule has 0 bridgehead atoms. The Balaban J connectivity index is 1.26. The molecule has 150 valence electrons. The lowest BCUT2D eigenvalue weighted by atomic mass is 10.1. The first-order valence-electron chi connectivity index (χ1n) is 10.1. The van der Waals surface area contributed by atoms with E-state index in [1.54, 1.807) is 6.33 Å². The predicted octanol–water partition coefficient (Wildman–Crippen LogP) is 6.18. The van der Waals surface area contributed by atoms with Crippen LogP contribution in [0.5, 0.6) is 0 Å². The van der Waals surface area contributed by atoms with Gasteiger partial charge in [0.25, 0.3) is 0 Å². The van der Waals surface area contributed by atoms with Crippen LogP contribution in [-0.2, 0) is 0 Å². The molecule has 1 fully saturated rings. The quantitative estimate of drug-likeness (QED) is 0.357. The van der Waals surface area contributed by atoms with Gasteiger partial charge < -0.3 is 9.97 Å². The molecule has 1 saturated heterocycles. The summed E-state index contributed by atoms with van der Waals surface area (Å²) >= 11 is 3.69. The number of imidazole rings is 2. The lowest BCUT2D eigenvalue weighted by Crippen LogP contribution is -2.18. The molecule has 1 unspecified atom stereocenters. The molecule has 0 aliphatic carbocycles. The Morgan fingerprint density at radius 3 is 2.47 bits per heavy atom. The van der Waals surface area contributed by atoms with Crippen molar-refractivity contribution in [3.05, 3.63) is 60.9 Å². The number of aromatic amines is 2. The lowest BCUT2D eigenvalue weighted by molar-refractivity contribution is 0.307. The van der Waals surface area contributed by atoms with E-state index in [9.17, 15) is 0 Å². The molecule has 2 N–H and O–H groups in total. The van der Waals surface area contributed by atoms with Crippen molar-refractivity contribution in [1.82, 2.24) is 24.8 Å². The van der Waals surface area contributed by atoms with Crippen molar-refractivity contribution >= 4 is 32.1 Å². The van der Waals surface area contributed by atoms with Crippen molar-refractivity contribution in [3.8, 4) is 32.3 Å². The van der Waals surface area contributed by atoms with E-state index in [-0.39, 0.29) is 0 Å². The third-order valence-corrected chi connectivity index (χ3v) is 8.26. The van der Waals surface area contributed by atoms with Crippen LogP contribution in [0.15, 0.2) is 55.1 Å². The number of thiophene rings is 2. The van der Waals surface area contributed by atoms with Crippen LogP contribution in [0.4, 0.5) is 0 Å². The molecule has 1 aliphatic heterocycles. The fourth-order valence-electron chi connectivity index (χ4n) is 4.23. The summed E-state index contributed by atoms with van der Waals surface area (Å²) in [6.45, 7) is 1.15. The normalized spacial score (nSPS) is 17.3. The van der Waals surface area contributed by atoms with Gasteiger partial charge >= 0.3 is 0 Å². The van der Waals surface area contributed by atoms with E-state index in [1.807, 2.05) is 35.1 Å². The summed E-state index contributed by atoms with van der Waals surface area (Å²) in [6.07, 6.45) is 7.99. The smallest absolute Gasteiger partial charge is 0.123 e. The van der Waals surface area contributed by atoms with E-state index in [1.165, 1.54) is 37.6 Å². The number of nitrogens with one attached hydrogen (secondary N) is 2. The molecule has 5 nitrogen and oxygen atoms in total. The molecule has 0 radical (unpaired) electrons. The Labute approximate surface area is 182 Å². The van der Waals surface area contributed by atoms with Gasteiger partial charge in [0.2, 0.25) is 0 Å². The van der Waals surface area contributed by atoms with Crippen LogP contribution in [0.25, 0.3) is 41.7 Å². The fraction of sp³-hybridized carbons (Fsp3) is 0.217. The van der Waals surface area contributed by atoms with Gasteiger partial charge in [-0.3, -0.25) is 4.90 Å². The molecule has 1 aliphatic rings. The van der Waals surface area contributed by atoms with Gasteiger partial charge in [-0.05, 0) is 49.7 Å². The second kappa shape index (κ2) is 7.19. The highest BCUT2D eigenvalue weighted by Gasteiger charge is 2.25. The summed E-state index contributed by atoms with van der Waals surface area (Å²) in [6, 6.07) is 13.7. The number of nitrogens with zero attached hydrogens (tertiary/aromatic N) is 3. The molecule has 1 atom stereocenters. The van der Waals surface area contributed by atoms with Crippen LogP contribution in [0.3, 0.4) is 0 Å².